The third-order valence-corrected chi connectivity index (χ3v) is 2.42. The molecule has 0 aliphatic heterocycles. The maximum Gasteiger partial charge on any atom is 0.115 e. The number of phenolic OH excluding ortho intramolecular Hbond substituents is 1. The summed E-state index contributed by atoms with van der Waals surface area (Å²) in [6.07, 6.45) is 0. The van der Waals surface area contributed by atoms with Crippen LogP contribution in [0.25, 0.3) is 11.1 Å². The molecule has 0 aromatic heterocycles. The van der Waals surface area contributed by atoms with E-state index in [1.54, 1.807) is 12.1 Å². The molecule has 2 aromatic carbocycles. The van der Waals surface area contributed by atoms with Crippen LogP contribution in [0.3, 0.4) is 0 Å². The summed E-state index contributed by atoms with van der Waals surface area (Å²) in [6, 6.07) is 15.5. The minimum absolute atomic E-state index is 0.298. The fourth-order valence-electron chi connectivity index (χ4n) is 1.56. The van der Waals surface area contributed by atoms with Crippen LogP contribution in [0.1, 0.15) is 5.56 Å². The summed E-state index contributed by atoms with van der Waals surface area (Å²) in [5.74, 6) is 0.298. The predicted octanol–water partition coefficient (Wildman–Crippen LogP) is 1.80. The van der Waals surface area contributed by atoms with Gasteiger partial charge in [0, 0.05) is 5.56 Å². The lowest BCUT2D eigenvalue weighted by atomic mass is 10.0. The summed E-state index contributed by atoms with van der Waals surface area (Å²) < 4.78 is 0. The number of phenols is 1. The zero-order valence-corrected chi connectivity index (χ0v) is 8.48. The van der Waals surface area contributed by atoms with Crippen LogP contribution in [-0.4, -0.2) is 5.11 Å². The molecule has 0 radical (unpaired) electrons. The van der Waals surface area contributed by atoms with Crippen LogP contribution in [-0.2, 0) is 6.54 Å². The molecule has 4 N–H and O–H groups in total. The number of benzene rings is 2. The van der Waals surface area contributed by atoms with Crippen LogP contribution < -0.4 is 5.73 Å². The fraction of sp³-hybridized carbons (Fsp3) is 0.0769. The molecular weight excluding hydrogens is 186 g/mol. The van der Waals surface area contributed by atoms with Crippen LogP contribution >= 0.6 is 0 Å². The Morgan fingerprint density at radius 1 is 0.933 bits per heavy atom. The Balaban J connectivity index is 2.40. The van der Waals surface area contributed by atoms with Crippen molar-refractivity contribution in [2.45, 2.75) is 6.54 Å². The summed E-state index contributed by atoms with van der Waals surface area (Å²) in [7, 11) is 0. The number of hydrogen-bond donors (Lipinski definition) is 2. The molecule has 2 aromatic rings. The Hall–Kier alpha value is -1.80. The van der Waals surface area contributed by atoms with Gasteiger partial charge in [0.25, 0.3) is 0 Å². The van der Waals surface area contributed by atoms with E-state index in [1.807, 2.05) is 18.2 Å². The lowest BCUT2D eigenvalue weighted by Crippen LogP contribution is -2.47. The first-order valence-corrected chi connectivity index (χ1v) is 4.97. The Kier molecular flexibility index (Phi) is 2.70. The van der Waals surface area contributed by atoms with E-state index in [1.165, 1.54) is 5.56 Å². The van der Waals surface area contributed by atoms with E-state index < -0.39 is 0 Å². The van der Waals surface area contributed by atoms with Crippen molar-refractivity contribution < 1.29 is 10.8 Å². The van der Waals surface area contributed by atoms with E-state index in [-0.39, 0.29) is 0 Å². The van der Waals surface area contributed by atoms with Gasteiger partial charge in [-0.15, -0.1) is 0 Å². The van der Waals surface area contributed by atoms with Crippen molar-refractivity contribution in [1.82, 2.24) is 0 Å². The molecule has 2 rings (SSSR count). The van der Waals surface area contributed by atoms with Crippen molar-refractivity contribution in [3.63, 3.8) is 0 Å². The van der Waals surface area contributed by atoms with Crippen molar-refractivity contribution in [3.05, 3.63) is 54.1 Å². The van der Waals surface area contributed by atoms with E-state index in [0.717, 1.165) is 17.7 Å². The average Bonchev–Trinajstić information content (AvgIpc) is 2.30. The van der Waals surface area contributed by atoms with Crippen molar-refractivity contribution >= 4 is 0 Å². The number of hydrogen-bond acceptors (Lipinski definition) is 1. The molecule has 15 heavy (non-hydrogen) atoms. The molecule has 76 valence electrons. The third kappa shape index (κ3) is 2.17. The summed E-state index contributed by atoms with van der Waals surface area (Å²) in [4.78, 5) is 0. The Morgan fingerprint density at radius 2 is 1.67 bits per heavy atom. The van der Waals surface area contributed by atoms with Crippen LogP contribution in [0.2, 0.25) is 0 Å². The smallest absolute Gasteiger partial charge is 0.115 e. The molecular formula is C13H14NO+. The van der Waals surface area contributed by atoms with Crippen molar-refractivity contribution in [1.29, 1.82) is 0 Å². The van der Waals surface area contributed by atoms with Crippen LogP contribution in [0, 0.1) is 0 Å². The van der Waals surface area contributed by atoms with Crippen molar-refractivity contribution in [2.75, 3.05) is 0 Å². The monoisotopic (exact) mass is 200 g/mol. The van der Waals surface area contributed by atoms with Crippen molar-refractivity contribution in [3.8, 4) is 16.9 Å². The van der Waals surface area contributed by atoms with Gasteiger partial charge < -0.3 is 10.8 Å². The first-order chi connectivity index (χ1) is 7.29. The van der Waals surface area contributed by atoms with Gasteiger partial charge in [-0.1, -0.05) is 30.3 Å². The van der Waals surface area contributed by atoms with E-state index in [2.05, 4.69) is 23.9 Å². The highest BCUT2D eigenvalue weighted by Crippen LogP contribution is 2.22. The quantitative estimate of drug-likeness (QED) is 0.763. The molecule has 2 heteroatoms. The number of quaternary nitrogens is 1. The van der Waals surface area contributed by atoms with Gasteiger partial charge in [0.05, 0.1) is 6.54 Å². The van der Waals surface area contributed by atoms with E-state index >= 15 is 0 Å². The lowest BCUT2D eigenvalue weighted by Gasteiger charge is -2.03. The summed E-state index contributed by atoms with van der Waals surface area (Å²) in [6.45, 7) is 0.798. The molecule has 2 nitrogen and oxygen atoms in total. The van der Waals surface area contributed by atoms with Gasteiger partial charge in [0.15, 0.2) is 0 Å². The maximum absolute atomic E-state index is 9.19. The molecule has 0 aliphatic carbocycles. The average molecular weight is 200 g/mol. The van der Waals surface area contributed by atoms with E-state index in [4.69, 9.17) is 0 Å². The first-order valence-electron chi connectivity index (χ1n) is 4.97. The molecule has 0 heterocycles. The van der Waals surface area contributed by atoms with E-state index in [9.17, 15) is 5.11 Å². The molecule has 0 bridgehead atoms. The molecule has 0 unspecified atom stereocenters. The summed E-state index contributed by atoms with van der Waals surface area (Å²) in [5, 5.41) is 9.19. The normalized spacial score (nSPS) is 10.2. The van der Waals surface area contributed by atoms with Gasteiger partial charge in [-0.2, -0.15) is 0 Å². The molecule has 0 fully saturated rings. The highest BCUT2D eigenvalue weighted by atomic mass is 16.3. The Bertz CT molecular complexity index is 448. The third-order valence-electron chi connectivity index (χ3n) is 2.42. The minimum Gasteiger partial charge on any atom is -0.508 e. The molecule has 0 spiro atoms. The summed E-state index contributed by atoms with van der Waals surface area (Å²) >= 11 is 0. The van der Waals surface area contributed by atoms with Crippen molar-refractivity contribution in [2.24, 2.45) is 0 Å². The molecule has 0 amide bonds. The minimum atomic E-state index is 0.298. The van der Waals surface area contributed by atoms with Crippen LogP contribution in [0.5, 0.6) is 5.75 Å². The zero-order valence-electron chi connectivity index (χ0n) is 8.48. The summed E-state index contributed by atoms with van der Waals surface area (Å²) in [5.41, 5.74) is 7.36. The number of rotatable bonds is 2. The SMILES string of the molecule is [NH3+]Cc1cccc(-c2ccc(O)cc2)c1. The van der Waals surface area contributed by atoms with Gasteiger partial charge in [-0.05, 0) is 29.3 Å². The molecule has 0 atom stereocenters. The topological polar surface area (TPSA) is 47.9 Å². The fourth-order valence-corrected chi connectivity index (χ4v) is 1.56. The standard InChI is InChI=1S/C13H13NO/c14-9-10-2-1-3-12(8-10)11-4-6-13(15)7-5-11/h1-8,15H,9,14H2/p+1. The van der Waals surface area contributed by atoms with Gasteiger partial charge in [0.2, 0.25) is 0 Å². The second-order valence-electron chi connectivity index (χ2n) is 3.50. The van der Waals surface area contributed by atoms with Gasteiger partial charge in [-0.3, -0.25) is 0 Å². The lowest BCUT2D eigenvalue weighted by molar-refractivity contribution is -0.386. The van der Waals surface area contributed by atoms with Gasteiger partial charge in [-0.25, -0.2) is 0 Å². The van der Waals surface area contributed by atoms with Gasteiger partial charge in [0.1, 0.15) is 5.75 Å². The molecule has 0 aliphatic rings. The highest BCUT2D eigenvalue weighted by molar-refractivity contribution is 5.64. The second-order valence-corrected chi connectivity index (χ2v) is 3.50. The van der Waals surface area contributed by atoms with Crippen LogP contribution in [0.15, 0.2) is 48.5 Å². The van der Waals surface area contributed by atoms with Crippen LogP contribution in [0.4, 0.5) is 0 Å². The largest absolute Gasteiger partial charge is 0.508 e. The maximum atomic E-state index is 9.19. The predicted molar refractivity (Wildman–Crippen MR) is 60.1 cm³/mol. The first kappa shape index (κ1) is 9.74. The zero-order chi connectivity index (χ0) is 10.7. The molecule has 0 saturated heterocycles. The van der Waals surface area contributed by atoms with Gasteiger partial charge >= 0.3 is 0 Å². The second kappa shape index (κ2) is 4.15. The number of aromatic hydroxyl groups is 1. The Labute approximate surface area is 89.0 Å². The molecule has 0 saturated carbocycles. The highest BCUT2D eigenvalue weighted by Gasteiger charge is 1.99. The van der Waals surface area contributed by atoms with E-state index in [0.29, 0.717) is 5.75 Å². The Morgan fingerprint density at radius 3 is 2.33 bits per heavy atom.